The molecular formula is C16H17N3O. The van der Waals surface area contributed by atoms with E-state index in [1.807, 2.05) is 67.6 Å². The maximum Gasteiger partial charge on any atom is 0.323 e. The van der Waals surface area contributed by atoms with E-state index in [0.717, 1.165) is 11.4 Å². The van der Waals surface area contributed by atoms with Gasteiger partial charge in [-0.15, -0.1) is 0 Å². The topological polar surface area (TPSA) is 44.4 Å². The number of nitrogens with one attached hydrogen (secondary N) is 2. The number of urea groups is 1. The zero-order chi connectivity index (χ0) is 14.0. The first-order valence-corrected chi connectivity index (χ1v) is 6.64. The Morgan fingerprint density at radius 2 is 1.65 bits per heavy atom. The van der Waals surface area contributed by atoms with Crippen molar-refractivity contribution >= 4 is 17.4 Å². The number of carbonyl (C=O) groups excluding carboxylic acids is 1. The zero-order valence-corrected chi connectivity index (χ0v) is 11.3. The molecule has 0 aliphatic carbocycles. The smallest absolute Gasteiger partial charge is 0.323 e. The molecule has 20 heavy (non-hydrogen) atoms. The molecule has 2 aromatic rings. The van der Waals surface area contributed by atoms with Crippen molar-refractivity contribution in [1.29, 1.82) is 0 Å². The standard InChI is InChI=1S/C16H17N3O/c1-16(17-13-8-4-2-5-9-13)12-19(15(20)18-16)14-10-6-3-7-11-14/h2-11,17H,12H2,1H3,(H,18,20). The van der Waals surface area contributed by atoms with Gasteiger partial charge in [0.05, 0.1) is 6.54 Å². The molecule has 0 saturated carbocycles. The molecule has 1 aliphatic rings. The van der Waals surface area contributed by atoms with Crippen LogP contribution in [0.5, 0.6) is 0 Å². The summed E-state index contributed by atoms with van der Waals surface area (Å²) < 4.78 is 0. The summed E-state index contributed by atoms with van der Waals surface area (Å²) in [5.41, 5.74) is 1.42. The molecule has 0 bridgehead atoms. The Labute approximate surface area is 118 Å². The first-order chi connectivity index (χ1) is 9.66. The third-order valence-electron chi connectivity index (χ3n) is 3.36. The van der Waals surface area contributed by atoms with Crippen LogP contribution in [0.1, 0.15) is 6.92 Å². The van der Waals surface area contributed by atoms with Gasteiger partial charge in [0.2, 0.25) is 0 Å². The van der Waals surface area contributed by atoms with E-state index in [2.05, 4.69) is 10.6 Å². The quantitative estimate of drug-likeness (QED) is 0.897. The fraction of sp³-hybridized carbons (Fsp3) is 0.188. The molecule has 3 rings (SSSR count). The number of nitrogens with zero attached hydrogens (tertiary/aromatic N) is 1. The Hall–Kier alpha value is -2.49. The van der Waals surface area contributed by atoms with Gasteiger partial charge in [0.15, 0.2) is 0 Å². The summed E-state index contributed by atoms with van der Waals surface area (Å²) in [5, 5.41) is 6.38. The van der Waals surface area contributed by atoms with Crippen LogP contribution in [0.2, 0.25) is 0 Å². The molecule has 1 unspecified atom stereocenters. The number of para-hydroxylation sites is 2. The second-order valence-electron chi connectivity index (χ2n) is 5.17. The number of carbonyl (C=O) groups is 1. The lowest BCUT2D eigenvalue weighted by Gasteiger charge is -2.26. The van der Waals surface area contributed by atoms with Crippen molar-refractivity contribution in [3.05, 3.63) is 60.7 Å². The van der Waals surface area contributed by atoms with E-state index in [-0.39, 0.29) is 6.03 Å². The summed E-state index contributed by atoms with van der Waals surface area (Å²) in [5.74, 6) is 0. The lowest BCUT2D eigenvalue weighted by atomic mass is 10.2. The number of anilines is 2. The average molecular weight is 267 g/mol. The van der Waals surface area contributed by atoms with Crippen LogP contribution in [0.15, 0.2) is 60.7 Å². The van der Waals surface area contributed by atoms with Crippen LogP contribution in [0.4, 0.5) is 16.2 Å². The van der Waals surface area contributed by atoms with E-state index in [1.165, 1.54) is 0 Å². The average Bonchev–Trinajstić information content (AvgIpc) is 2.76. The molecule has 2 amide bonds. The molecule has 4 heteroatoms. The second-order valence-corrected chi connectivity index (χ2v) is 5.17. The van der Waals surface area contributed by atoms with Crippen LogP contribution >= 0.6 is 0 Å². The largest absolute Gasteiger partial charge is 0.361 e. The summed E-state index contributed by atoms with van der Waals surface area (Å²) >= 11 is 0. The van der Waals surface area contributed by atoms with E-state index in [1.54, 1.807) is 4.90 Å². The highest BCUT2D eigenvalue weighted by Gasteiger charge is 2.39. The molecule has 1 atom stereocenters. The molecule has 2 aromatic carbocycles. The van der Waals surface area contributed by atoms with Gasteiger partial charge in [-0.3, -0.25) is 4.90 Å². The van der Waals surface area contributed by atoms with Gasteiger partial charge in [-0.05, 0) is 31.2 Å². The van der Waals surface area contributed by atoms with Crippen molar-refractivity contribution < 1.29 is 4.79 Å². The number of rotatable bonds is 3. The monoisotopic (exact) mass is 267 g/mol. The van der Waals surface area contributed by atoms with E-state index in [9.17, 15) is 4.79 Å². The van der Waals surface area contributed by atoms with Gasteiger partial charge in [0.1, 0.15) is 5.66 Å². The van der Waals surface area contributed by atoms with E-state index in [0.29, 0.717) is 6.54 Å². The third kappa shape index (κ3) is 2.45. The Bertz CT molecular complexity index is 600. The molecule has 1 saturated heterocycles. The van der Waals surface area contributed by atoms with Crippen molar-refractivity contribution in [2.45, 2.75) is 12.6 Å². The number of hydrogen-bond donors (Lipinski definition) is 2. The third-order valence-corrected chi connectivity index (χ3v) is 3.36. The van der Waals surface area contributed by atoms with Crippen molar-refractivity contribution in [1.82, 2.24) is 5.32 Å². The van der Waals surface area contributed by atoms with Gasteiger partial charge in [0.25, 0.3) is 0 Å². The van der Waals surface area contributed by atoms with Crippen LogP contribution in [0.25, 0.3) is 0 Å². The highest BCUT2D eigenvalue weighted by molar-refractivity contribution is 5.95. The Balaban J connectivity index is 1.79. The fourth-order valence-corrected chi connectivity index (χ4v) is 2.46. The molecule has 0 spiro atoms. The fourth-order valence-electron chi connectivity index (χ4n) is 2.46. The molecule has 1 heterocycles. The maximum absolute atomic E-state index is 12.2. The first kappa shape index (κ1) is 12.5. The summed E-state index contributed by atoms with van der Waals surface area (Å²) in [7, 11) is 0. The highest BCUT2D eigenvalue weighted by atomic mass is 16.2. The van der Waals surface area contributed by atoms with Crippen molar-refractivity contribution in [3.63, 3.8) is 0 Å². The normalized spacial score (nSPS) is 21.6. The molecular weight excluding hydrogens is 250 g/mol. The van der Waals surface area contributed by atoms with Gasteiger partial charge in [-0.2, -0.15) is 0 Å². The van der Waals surface area contributed by atoms with Gasteiger partial charge in [0, 0.05) is 11.4 Å². The van der Waals surface area contributed by atoms with Crippen LogP contribution in [-0.4, -0.2) is 18.2 Å². The van der Waals surface area contributed by atoms with Crippen LogP contribution in [0, 0.1) is 0 Å². The van der Waals surface area contributed by atoms with E-state index in [4.69, 9.17) is 0 Å². The van der Waals surface area contributed by atoms with Crippen molar-refractivity contribution in [2.24, 2.45) is 0 Å². The highest BCUT2D eigenvalue weighted by Crippen LogP contribution is 2.24. The van der Waals surface area contributed by atoms with Gasteiger partial charge >= 0.3 is 6.03 Å². The summed E-state index contributed by atoms with van der Waals surface area (Å²) in [6, 6.07) is 19.5. The molecule has 1 aliphatic heterocycles. The van der Waals surface area contributed by atoms with Crippen molar-refractivity contribution in [3.8, 4) is 0 Å². The number of benzene rings is 2. The minimum Gasteiger partial charge on any atom is -0.361 e. The molecule has 4 nitrogen and oxygen atoms in total. The minimum atomic E-state index is -0.478. The summed E-state index contributed by atoms with van der Waals surface area (Å²) in [4.78, 5) is 13.9. The number of hydrogen-bond acceptors (Lipinski definition) is 2. The maximum atomic E-state index is 12.2. The van der Waals surface area contributed by atoms with Crippen LogP contribution in [-0.2, 0) is 0 Å². The molecule has 0 radical (unpaired) electrons. The molecule has 0 aromatic heterocycles. The molecule has 102 valence electrons. The lowest BCUT2D eigenvalue weighted by molar-refractivity contribution is 0.249. The van der Waals surface area contributed by atoms with Gasteiger partial charge in [-0.25, -0.2) is 4.79 Å². The summed E-state index contributed by atoms with van der Waals surface area (Å²) in [6.07, 6.45) is 0. The second kappa shape index (κ2) is 4.89. The van der Waals surface area contributed by atoms with E-state index < -0.39 is 5.66 Å². The van der Waals surface area contributed by atoms with Crippen molar-refractivity contribution in [2.75, 3.05) is 16.8 Å². The molecule has 1 fully saturated rings. The minimum absolute atomic E-state index is 0.0814. The lowest BCUT2D eigenvalue weighted by Crippen LogP contribution is -2.47. The Morgan fingerprint density at radius 3 is 2.30 bits per heavy atom. The summed E-state index contributed by atoms with van der Waals surface area (Å²) in [6.45, 7) is 2.56. The Morgan fingerprint density at radius 1 is 1.05 bits per heavy atom. The van der Waals surface area contributed by atoms with Gasteiger partial charge in [-0.1, -0.05) is 36.4 Å². The SMILES string of the molecule is CC1(Nc2ccccc2)CN(c2ccccc2)C(=O)N1. The predicted molar refractivity (Wildman–Crippen MR) is 80.8 cm³/mol. The van der Waals surface area contributed by atoms with Gasteiger partial charge < -0.3 is 10.6 Å². The van der Waals surface area contributed by atoms with E-state index >= 15 is 0 Å². The number of amides is 2. The molecule has 2 N–H and O–H groups in total. The van der Waals surface area contributed by atoms with Crippen LogP contribution in [0.3, 0.4) is 0 Å². The van der Waals surface area contributed by atoms with Crippen LogP contribution < -0.4 is 15.5 Å². The zero-order valence-electron chi connectivity index (χ0n) is 11.3. The Kier molecular flexibility index (Phi) is 3.06. The predicted octanol–water partition coefficient (Wildman–Crippen LogP) is 3.04. The first-order valence-electron chi connectivity index (χ1n) is 6.64.